The Morgan fingerprint density at radius 2 is 2.07 bits per heavy atom. The van der Waals surface area contributed by atoms with E-state index in [1.54, 1.807) is 20.8 Å². The molecule has 9 nitrogen and oxygen atoms in total. The van der Waals surface area contributed by atoms with Crippen LogP contribution in [0.5, 0.6) is 0 Å². The second-order valence-electron chi connectivity index (χ2n) is 7.11. The standard InChI is InChI=1S/C19H25N3O6/c1-4-24-14(23)10-13(21-22-20)15-16(25-11-12-8-6-5-7-9-12)17-18(26-15)28-19(2,3)27-17/h5-9,13,15-18H,4,10-11H2,1-3H3/t13-,15+,16-,17+,18+/m0/s1. The highest BCUT2D eigenvalue weighted by molar-refractivity contribution is 5.70. The van der Waals surface area contributed by atoms with Crippen molar-refractivity contribution in [1.29, 1.82) is 0 Å². The maximum Gasteiger partial charge on any atom is 0.306 e. The van der Waals surface area contributed by atoms with Crippen molar-refractivity contribution in [3.63, 3.8) is 0 Å². The first-order valence-electron chi connectivity index (χ1n) is 9.30. The Bertz CT molecular complexity index is 722. The molecule has 0 spiro atoms. The van der Waals surface area contributed by atoms with E-state index in [2.05, 4.69) is 10.0 Å². The normalized spacial score (nSPS) is 29.0. The van der Waals surface area contributed by atoms with Crippen LogP contribution in [0.2, 0.25) is 0 Å². The van der Waals surface area contributed by atoms with Gasteiger partial charge in [-0.3, -0.25) is 4.79 Å². The second kappa shape index (κ2) is 8.89. The average molecular weight is 391 g/mol. The molecule has 2 aliphatic rings. The summed E-state index contributed by atoms with van der Waals surface area (Å²) in [6.07, 6.45) is -2.55. The molecule has 0 N–H and O–H groups in total. The Balaban J connectivity index is 1.78. The molecule has 0 saturated carbocycles. The zero-order chi connectivity index (χ0) is 20.1. The van der Waals surface area contributed by atoms with Crippen molar-refractivity contribution in [1.82, 2.24) is 0 Å². The molecule has 0 aromatic heterocycles. The number of carbonyl (C=O) groups is 1. The van der Waals surface area contributed by atoms with Crippen molar-refractivity contribution in [2.75, 3.05) is 6.61 Å². The maximum absolute atomic E-state index is 12.0. The number of benzene rings is 1. The minimum atomic E-state index is -0.816. The molecule has 5 atom stereocenters. The number of nitrogens with zero attached hydrogens (tertiary/aromatic N) is 3. The monoisotopic (exact) mass is 391 g/mol. The fourth-order valence-electron chi connectivity index (χ4n) is 3.45. The van der Waals surface area contributed by atoms with Crippen LogP contribution in [-0.4, -0.2) is 49.0 Å². The smallest absolute Gasteiger partial charge is 0.306 e. The summed E-state index contributed by atoms with van der Waals surface area (Å²) in [5.74, 6) is -1.28. The Hall–Kier alpha value is -2.16. The van der Waals surface area contributed by atoms with Gasteiger partial charge >= 0.3 is 5.97 Å². The summed E-state index contributed by atoms with van der Waals surface area (Å²) < 4.78 is 28.8. The lowest BCUT2D eigenvalue weighted by molar-refractivity contribution is -0.221. The van der Waals surface area contributed by atoms with Crippen LogP contribution in [0.4, 0.5) is 0 Å². The Morgan fingerprint density at radius 1 is 1.32 bits per heavy atom. The molecular weight excluding hydrogens is 366 g/mol. The first-order valence-corrected chi connectivity index (χ1v) is 9.30. The molecule has 0 aliphatic carbocycles. The molecule has 0 unspecified atom stereocenters. The summed E-state index contributed by atoms with van der Waals surface area (Å²) >= 11 is 0. The number of azide groups is 1. The lowest BCUT2D eigenvalue weighted by atomic mass is 10.0. The van der Waals surface area contributed by atoms with Gasteiger partial charge in [0, 0.05) is 4.91 Å². The van der Waals surface area contributed by atoms with Gasteiger partial charge in [-0.15, -0.1) is 0 Å². The Kier molecular flexibility index (Phi) is 6.53. The van der Waals surface area contributed by atoms with E-state index in [9.17, 15) is 4.79 Å². The lowest BCUT2D eigenvalue weighted by Crippen LogP contribution is -2.42. The van der Waals surface area contributed by atoms with E-state index in [-0.39, 0.29) is 13.0 Å². The molecule has 2 saturated heterocycles. The molecular formula is C19H25N3O6. The van der Waals surface area contributed by atoms with Gasteiger partial charge in [-0.25, -0.2) is 0 Å². The van der Waals surface area contributed by atoms with Crippen molar-refractivity contribution in [3.05, 3.63) is 46.3 Å². The first kappa shape index (κ1) is 20.6. The molecule has 152 valence electrons. The molecule has 0 radical (unpaired) electrons. The van der Waals surface area contributed by atoms with Crippen LogP contribution in [0, 0.1) is 0 Å². The molecule has 2 heterocycles. The van der Waals surface area contributed by atoms with E-state index in [4.69, 9.17) is 29.2 Å². The quantitative estimate of drug-likeness (QED) is 0.291. The average Bonchev–Trinajstić information content (AvgIpc) is 3.12. The van der Waals surface area contributed by atoms with Crippen molar-refractivity contribution in [2.45, 2.75) is 70.2 Å². The minimum Gasteiger partial charge on any atom is -0.466 e. The lowest BCUT2D eigenvalue weighted by Gasteiger charge is -2.28. The molecule has 3 rings (SSSR count). The van der Waals surface area contributed by atoms with Gasteiger partial charge in [-0.1, -0.05) is 35.4 Å². The maximum atomic E-state index is 12.0. The van der Waals surface area contributed by atoms with Crippen LogP contribution in [0.25, 0.3) is 10.4 Å². The molecule has 28 heavy (non-hydrogen) atoms. The van der Waals surface area contributed by atoms with Crippen LogP contribution >= 0.6 is 0 Å². The molecule has 1 aromatic rings. The van der Waals surface area contributed by atoms with Gasteiger partial charge in [0.15, 0.2) is 12.1 Å². The molecule has 9 heteroatoms. The summed E-state index contributed by atoms with van der Waals surface area (Å²) in [4.78, 5) is 14.8. The molecule has 0 amide bonds. The van der Waals surface area contributed by atoms with E-state index < -0.39 is 42.4 Å². The van der Waals surface area contributed by atoms with Crippen LogP contribution < -0.4 is 0 Å². The topological polar surface area (TPSA) is 112 Å². The highest BCUT2D eigenvalue weighted by Gasteiger charge is 2.57. The fourth-order valence-corrected chi connectivity index (χ4v) is 3.45. The van der Waals surface area contributed by atoms with Crippen molar-refractivity contribution in [2.24, 2.45) is 5.11 Å². The van der Waals surface area contributed by atoms with Crippen LogP contribution in [0.3, 0.4) is 0 Å². The third-order valence-corrected chi connectivity index (χ3v) is 4.57. The largest absolute Gasteiger partial charge is 0.466 e. The molecule has 2 aliphatic heterocycles. The number of fused-ring (bicyclic) bond motifs is 1. The molecule has 2 fully saturated rings. The van der Waals surface area contributed by atoms with Crippen LogP contribution in [-0.2, 0) is 35.1 Å². The van der Waals surface area contributed by atoms with E-state index in [0.717, 1.165) is 5.56 Å². The van der Waals surface area contributed by atoms with Crippen LogP contribution in [0.15, 0.2) is 35.4 Å². The summed E-state index contributed by atoms with van der Waals surface area (Å²) in [5.41, 5.74) is 9.95. The van der Waals surface area contributed by atoms with E-state index in [1.165, 1.54) is 0 Å². The zero-order valence-electron chi connectivity index (χ0n) is 16.2. The second-order valence-corrected chi connectivity index (χ2v) is 7.11. The van der Waals surface area contributed by atoms with Gasteiger partial charge in [-0.2, -0.15) is 0 Å². The third-order valence-electron chi connectivity index (χ3n) is 4.57. The van der Waals surface area contributed by atoms with Gasteiger partial charge in [0.05, 0.1) is 31.8 Å². The van der Waals surface area contributed by atoms with Crippen molar-refractivity contribution in [3.8, 4) is 0 Å². The number of esters is 1. The third kappa shape index (κ3) is 4.81. The van der Waals surface area contributed by atoms with E-state index in [1.807, 2.05) is 30.3 Å². The Morgan fingerprint density at radius 3 is 2.75 bits per heavy atom. The molecule has 1 aromatic carbocycles. The van der Waals surface area contributed by atoms with Gasteiger partial charge in [0.1, 0.15) is 12.2 Å². The fraction of sp³-hybridized carbons (Fsp3) is 0.632. The zero-order valence-corrected chi connectivity index (χ0v) is 16.2. The van der Waals surface area contributed by atoms with E-state index >= 15 is 0 Å². The Labute approximate surface area is 163 Å². The number of rotatable bonds is 8. The van der Waals surface area contributed by atoms with Crippen LogP contribution in [0.1, 0.15) is 32.8 Å². The number of ether oxygens (including phenoxy) is 5. The predicted octanol–water partition coefficient (Wildman–Crippen LogP) is 3.08. The van der Waals surface area contributed by atoms with Crippen molar-refractivity contribution < 1.29 is 28.5 Å². The first-order chi connectivity index (χ1) is 13.4. The number of carbonyl (C=O) groups excluding carboxylic acids is 1. The van der Waals surface area contributed by atoms with Gasteiger partial charge in [0.2, 0.25) is 0 Å². The molecule has 0 bridgehead atoms. The van der Waals surface area contributed by atoms with Crippen molar-refractivity contribution >= 4 is 5.97 Å². The summed E-state index contributed by atoms with van der Waals surface area (Å²) in [7, 11) is 0. The highest BCUT2D eigenvalue weighted by Crippen LogP contribution is 2.41. The minimum absolute atomic E-state index is 0.114. The predicted molar refractivity (Wildman–Crippen MR) is 97.9 cm³/mol. The summed E-state index contributed by atoms with van der Waals surface area (Å²) in [6, 6.07) is 8.86. The summed E-state index contributed by atoms with van der Waals surface area (Å²) in [6.45, 7) is 5.86. The van der Waals surface area contributed by atoms with Gasteiger partial charge < -0.3 is 23.7 Å². The van der Waals surface area contributed by atoms with E-state index in [0.29, 0.717) is 6.61 Å². The number of hydrogen-bond donors (Lipinski definition) is 0. The highest BCUT2D eigenvalue weighted by atomic mass is 16.8. The summed E-state index contributed by atoms with van der Waals surface area (Å²) in [5, 5.41) is 3.76. The van der Waals surface area contributed by atoms with Gasteiger partial charge in [0.25, 0.3) is 0 Å². The van der Waals surface area contributed by atoms with Gasteiger partial charge in [-0.05, 0) is 31.9 Å². The SMILES string of the molecule is CCOC(=O)C[C@H](N=[N+]=[N-])[C@H]1O[C@@H]2OC(C)(C)O[C@@H]2[C@H]1OCc1ccccc1. The number of hydrogen-bond acceptors (Lipinski definition) is 7.